The molecule has 0 aliphatic rings. The molecule has 1 aromatic heterocycles. The van der Waals surface area contributed by atoms with Crippen LogP contribution in [0.2, 0.25) is 0 Å². The number of esters is 1. The molecule has 8 heteroatoms. The van der Waals surface area contributed by atoms with Crippen LogP contribution in [0.5, 0.6) is 0 Å². The molecule has 0 bridgehead atoms. The second kappa shape index (κ2) is 8.35. The molecule has 0 unspecified atom stereocenters. The lowest BCUT2D eigenvalue weighted by atomic mass is 10.1. The Morgan fingerprint density at radius 1 is 1.23 bits per heavy atom. The Kier molecular flexibility index (Phi) is 6.42. The Morgan fingerprint density at radius 2 is 1.92 bits per heavy atom. The Balaban J connectivity index is 2.04. The van der Waals surface area contributed by atoms with Crippen molar-refractivity contribution < 1.29 is 27.5 Å². The lowest BCUT2D eigenvalue weighted by Crippen LogP contribution is -2.30. The second-order valence-corrected chi connectivity index (χ2v) is 6.96. The lowest BCUT2D eigenvalue weighted by Gasteiger charge is -2.13. The summed E-state index contributed by atoms with van der Waals surface area (Å²) < 4.78 is 44.8. The highest BCUT2D eigenvalue weighted by Gasteiger charge is 2.23. The molecule has 0 saturated heterocycles. The predicted molar refractivity (Wildman–Crippen MR) is 92.9 cm³/mol. The topological polar surface area (TPSA) is 55.4 Å². The van der Waals surface area contributed by atoms with Crippen LogP contribution in [-0.4, -0.2) is 18.0 Å². The standard InChI is InChI=1S/C18H18F3NO3S/c1-4-5-11-8-14(26-10(11)3)18(24)25-9(2)17(23)22-13-7-6-12(19)15(20)16(13)21/h6-9H,4-5H2,1-3H3,(H,22,23)/t9-/m1/s1. The molecule has 1 aromatic carbocycles. The maximum absolute atomic E-state index is 13.6. The van der Waals surface area contributed by atoms with Crippen molar-refractivity contribution in [1.82, 2.24) is 0 Å². The highest BCUT2D eigenvalue weighted by Crippen LogP contribution is 2.24. The summed E-state index contributed by atoms with van der Waals surface area (Å²) in [6, 6.07) is 3.31. The van der Waals surface area contributed by atoms with E-state index in [2.05, 4.69) is 5.32 Å². The van der Waals surface area contributed by atoms with Crippen molar-refractivity contribution in [2.45, 2.75) is 39.7 Å². The van der Waals surface area contributed by atoms with Gasteiger partial charge in [0, 0.05) is 4.88 Å². The summed E-state index contributed by atoms with van der Waals surface area (Å²) in [7, 11) is 0. The Labute approximate surface area is 153 Å². The van der Waals surface area contributed by atoms with Crippen molar-refractivity contribution in [1.29, 1.82) is 0 Å². The summed E-state index contributed by atoms with van der Waals surface area (Å²) in [5.41, 5.74) is 0.513. The maximum atomic E-state index is 13.6. The van der Waals surface area contributed by atoms with E-state index in [0.717, 1.165) is 29.3 Å². The van der Waals surface area contributed by atoms with Crippen LogP contribution in [0.15, 0.2) is 18.2 Å². The Bertz CT molecular complexity index is 835. The average molecular weight is 385 g/mol. The zero-order chi connectivity index (χ0) is 19.4. The van der Waals surface area contributed by atoms with Crippen LogP contribution in [0, 0.1) is 24.4 Å². The molecule has 140 valence electrons. The number of hydrogen-bond donors (Lipinski definition) is 1. The molecule has 1 amide bonds. The van der Waals surface area contributed by atoms with E-state index in [1.807, 2.05) is 13.8 Å². The summed E-state index contributed by atoms with van der Waals surface area (Å²) in [4.78, 5) is 25.6. The molecule has 0 fully saturated rings. The number of halogens is 3. The van der Waals surface area contributed by atoms with Gasteiger partial charge in [-0.25, -0.2) is 18.0 Å². The first-order chi connectivity index (χ1) is 12.2. The highest BCUT2D eigenvalue weighted by molar-refractivity contribution is 7.14. The molecule has 0 radical (unpaired) electrons. The molecule has 2 aromatic rings. The molecular weight excluding hydrogens is 367 g/mol. The molecule has 1 N–H and O–H groups in total. The van der Waals surface area contributed by atoms with E-state index >= 15 is 0 Å². The SMILES string of the molecule is CCCc1cc(C(=O)O[C@H](C)C(=O)Nc2ccc(F)c(F)c2F)sc1C. The van der Waals surface area contributed by atoms with Gasteiger partial charge in [-0.15, -0.1) is 11.3 Å². The smallest absolute Gasteiger partial charge is 0.349 e. The summed E-state index contributed by atoms with van der Waals surface area (Å²) in [6.07, 6.45) is 0.526. The molecule has 1 heterocycles. The number of amides is 1. The van der Waals surface area contributed by atoms with Gasteiger partial charge in [-0.1, -0.05) is 13.3 Å². The first-order valence-electron chi connectivity index (χ1n) is 7.99. The number of aryl methyl sites for hydroxylation is 2. The number of nitrogens with one attached hydrogen (secondary N) is 1. The van der Waals surface area contributed by atoms with Gasteiger partial charge in [0.15, 0.2) is 23.6 Å². The highest BCUT2D eigenvalue weighted by atomic mass is 32.1. The van der Waals surface area contributed by atoms with Crippen molar-refractivity contribution in [3.05, 3.63) is 51.0 Å². The summed E-state index contributed by atoms with van der Waals surface area (Å²) in [6.45, 7) is 5.23. The van der Waals surface area contributed by atoms with Gasteiger partial charge < -0.3 is 10.1 Å². The van der Waals surface area contributed by atoms with Crippen molar-refractivity contribution in [2.24, 2.45) is 0 Å². The van der Waals surface area contributed by atoms with Crippen molar-refractivity contribution >= 4 is 28.9 Å². The van der Waals surface area contributed by atoms with Gasteiger partial charge in [-0.3, -0.25) is 4.79 Å². The van der Waals surface area contributed by atoms with E-state index in [9.17, 15) is 22.8 Å². The van der Waals surface area contributed by atoms with Gasteiger partial charge in [0.1, 0.15) is 4.88 Å². The van der Waals surface area contributed by atoms with Gasteiger partial charge in [0.05, 0.1) is 5.69 Å². The van der Waals surface area contributed by atoms with E-state index in [4.69, 9.17) is 4.74 Å². The van der Waals surface area contributed by atoms with E-state index in [1.165, 1.54) is 18.3 Å². The van der Waals surface area contributed by atoms with Gasteiger partial charge >= 0.3 is 5.97 Å². The minimum atomic E-state index is -1.69. The van der Waals surface area contributed by atoms with Crippen LogP contribution in [0.4, 0.5) is 18.9 Å². The van der Waals surface area contributed by atoms with Crippen molar-refractivity contribution in [2.75, 3.05) is 5.32 Å². The molecule has 2 rings (SSSR count). The van der Waals surface area contributed by atoms with Crippen LogP contribution >= 0.6 is 11.3 Å². The van der Waals surface area contributed by atoms with E-state index < -0.39 is 41.1 Å². The maximum Gasteiger partial charge on any atom is 0.349 e. The minimum Gasteiger partial charge on any atom is -0.448 e. The first kappa shape index (κ1) is 20.0. The molecule has 4 nitrogen and oxygen atoms in total. The van der Waals surface area contributed by atoms with Gasteiger partial charge in [0.25, 0.3) is 5.91 Å². The molecule has 0 aliphatic heterocycles. The number of thiophene rings is 1. The van der Waals surface area contributed by atoms with Gasteiger partial charge in [0.2, 0.25) is 0 Å². The average Bonchev–Trinajstić information content (AvgIpc) is 2.96. The number of carbonyl (C=O) groups excluding carboxylic acids is 2. The lowest BCUT2D eigenvalue weighted by molar-refractivity contribution is -0.123. The fourth-order valence-electron chi connectivity index (χ4n) is 2.27. The molecule has 0 aliphatic carbocycles. The zero-order valence-electron chi connectivity index (χ0n) is 14.5. The van der Waals surface area contributed by atoms with E-state index in [0.29, 0.717) is 10.9 Å². The molecule has 26 heavy (non-hydrogen) atoms. The van der Waals surface area contributed by atoms with Gasteiger partial charge in [-0.05, 0) is 44.0 Å². The monoisotopic (exact) mass is 385 g/mol. The summed E-state index contributed by atoms with van der Waals surface area (Å²) >= 11 is 1.27. The third-order valence-corrected chi connectivity index (χ3v) is 4.76. The van der Waals surface area contributed by atoms with Crippen molar-refractivity contribution in [3.63, 3.8) is 0 Å². The van der Waals surface area contributed by atoms with Crippen LogP contribution < -0.4 is 5.32 Å². The fraction of sp³-hybridized carbons (Fsp3) is 0.333. The Hall–Kier alpha value is -2.35. The zero-order valence-corrected chi connectivity index (χ0v) is 15.3. The quantitative estimate of drug-likeness (QED) is 0.584. The predicted octanol–water partition coefficient (Wildman–Crippen LogP) is 4.61. The van der Waals surface area contributed by atoms with Crippen LogP contribution in [0.25, 0.3) is 0 Å². The first-order valence-corrected chi connectivity index (χ1v) is 8.80. The number of hydrogen-bond acceptors (Lipinski definition) is 4. The second-order valence-electron chi connectivity index (χ2n) is 5.70. The third-order valence-electron chi connectivity index (χ3n) is 3.69. The summed E-state index contributed by atoms with van der Waals surface area (Å²) in [5, 5.41) is 2.08. The molecule has 0 spiro atoms. The minimum absolute atomic E-state index is 0.365. The largest absolute Gasteiger partial charge is 0.448 e. The third kappa shape index (κ3) is 4.43. The number of carbonyl (C=O) groups is 2. The normalized spacial score (nSPS) is 11.9. The number of ether oxygens (including phenoxy) is 1. The molecular formula is C18H18F3NO3S. The molecule has 0 saturated carbocycles. The Morgan fingerprint density at radius 3 is 2.58 bits per heavy atom. The van der Waals surface area contributed by atoms with Crippen LogP contribution in [0.1, 0.15) is 40.4 Å². The van der Waals surface area contributed by atoms with E-state index in [-0.39, 0.29) is 0 Å². The number of anilines is 1. The number of benzene rings is 1. The fourth-order valence-corrected chi connectivity index (χ4v) is 3.22. The summed E-state index contributed by atoms with van der Waals surface area (Å²) in [5.74, 6) is -6.10. The van der Waals surface area contributed by atoms with Crippen LogP contribution in [-0.2, 0) is 16.0 Å². The van der Waals surface area contributed by atoms with Crippen molar-refractivity contribution in [3.8, 4) is 0 Å². The van der Waals surface area contributed by atoms with E-state index in [1.54, 1.807) is 6.07 Å². The van der Waals surface area contributed by atoms with Crippen LogP contribution in [0.3, 0.4) is 0 Å². The molecule has 1 atom stereocenters. The number of rotatable bonds is 6. The van der Waals surface area contributed by atoms with Gasteiger partial charge in [-0.2, -0.15) is 0 Å².